The molecule has 0 heterocycles. The Morgan fingerprint density at radius 1 is 1.15 bits per heavy atom. The van der Waals surface area contributed by atoms with Crippen molar-refractivity contribution in [3.8, 4) is 0 Å². The molecule has 0 aromatic heterocycles. The zero-order valence-corrected chi connectivity index (χ0v) is 14.3. The van der Waals surface area contributed by atoms with Gasteiger partial charge >= 0.3 is 0 Å². The number of benzene rings is 2. The molecule has 2 aromatic rings. The highest BCUT2D eigenvalue weighted by Crippen LogP contribution is 2.43. The lowest BCUT2D eigenvalue weighted by atomic mass is 10.0. The molecule has 1 N–H and O–H groups in total. The standard InChI is InChI=1S/C17H17ClIN/c1-11-2-9-15(10-16(11)19)20-17(12-3-4-12)13-5-7-14(18)8-6-13/h2,5-10,12,17,20H,3-4H2,1H3. The number of nitrogens with one attached hydrogen (secondary N) is 1. The number of anilines is 1. The molecule has 20 heavy (non-hydrogen) atoms. The average Bonchev–Trinajstić information content (AvgIpc) is 3.26. The maximum absolute atomic E-state index is 5.99. The second kappa shape index (κ2) is 5.94. The Kier molecular flexibility index (Phi) is 4.22. The summed E-state index contributed by atoms with van der Waals surface area (Å²) in [6.07, 6.45) is 2.62. The Balaban J connectivity index is 1.84. The van der Waals surface area contributed by atoms with E-state index in [-0.39, 0.29) is 0 Å². The second-order valence-electron chi connectivity index (χ2n) is 5.47. The van der Waals surface area contributed by atoms with Crippen LogP contribution in [0.25, 0.3) is 0 Å². The smallest absolute Gasteiger partial charge is 0.0542 e. The van der Waals surface area contributed by atoms with E-state index < -0.39 is 0 Å². The number of hydrogen-bond acceptors (Lipinski definition) is 1. The molecule has 1 unspecified atom stereocenters. The number of aryl methyl sites for hydroxylation is 1. The second-order valence-corrected chi connectivity index (χ2v) is 7.07. The monoisotopic (exact) mass is 397 g/mol. The van der Waals surface area contributed by atoms with Crippen molar-refractivity contribution >= 4 is 39.9 Å². The lowest BCUT2D eigenvalue weighted by molar-refractivity contribution is 0.679. The molecule has 1 fully saturated rings. The predicted molar refractivity (Wildman–Crippen MR) is 94.4 cm³/mol. The van der Waals surface area contributed by atoms with E-state index in [0.717, 1.165) is 10.9 Å². The van der Waals surface area contributed by atoms with Gasteiger partial charge in [0.05, 0.1) is 6.04 Å². The maximum atomic E-state index is 5.99. The maximum Gasteiger partial charge on any atom is 0.0542 e. The van der Waals surface area contributed by atoms with Crippen LogP contribution in [-0.4, -0.2) is 0 Å². The molecule has 104 valence electrons. The van der Waals surface area contributed by atoms with Crippen molar-refractivity contribution in [2.75, 3.05) is 5.32 Å². The summed E-state index contributed by atoms with van der Waals surface area (Å²) in [5.41, 5.74) is 3.85. The summed E-state index contributed by atoms with van der Waals surface area (Å²) in [4.78, 5) is 0. The van der Waals surface area contributed by atoms with Gasteiger partial charge in [-0.05, 0) is 83.7 Å². The largest absolute Gasteiger partial charge is 0.378 e. The van der Waals surface area contributed by atoms with Crippen LogP contribution in [0.3, 0.4) is 0 Å². The van der Waals surface area contributed by atoms with Gasteiger partial charge in [0.1, 0.15) is 0 Å². The Bertz CT molecular complexity index is 605. The third-order valence-corrected chi connectivity index (χ3v) is 5.23. The lowest BCUT2D eigenvalue weighted by Crippen LogP contribution is -2.13. The molecule has 3 heteroatoms. The molecule has 0 aliphatic heterocycles. The summed E-state index contributed by atoms with van der Waals surface area (Å²) in [5, 5.41) is 4.50. The molecule has 1 aliphatic carbocycles. The van der Waals surface area contributed by atoms with Gasteiger partial charge in [0.2, 0.25) is 0 Å². The van der Waals surface area contributed by atoms with Crippen molar-refractivity contribution in [1.82, 2.24) is 0 Å². The highest BCUT2D eigenvalue weighted by atomic mass is 127. The van der Waals surface area contributed by atoms with Gasteiger partial charge in [0.25, 0.3) is 0 Å². The minimum Gasteiger partial charge on any atom is -0.378 e. The first-order chi connectivity index (χ1) is 9.63. The molecule has 0 radical (unpaired) electrons. The van der Waals surface area contributed by atoms with Gasteiger partial charge in [0.15, 0.2) is 0 Å². The highest BCUT2D eigenvalue weighted by molar-refractivity contribution is 14.1. The Labute approximate surface area is 138 Å². The molecule has 0 spiro atoms. The first-order valence-electron chi connectivity index (χ1n) is 6.91. The average molecular weight is 398 g/mol. The van der Waals surface area contributed by atoms with Crippen molar-refractivity contribution in [3.05, 3.63) is 62.2 Å². The Hall–Kier alpha value is -0.740. The van der Waals surface area contributed by atoms with Crippen LogP contribution >= 0.6 is 34.2 Å². The van der Waals surface area contributed by atoms with Crippen molar-refractivity contribution in [2.45, 2.75) is 25.8 Å². The molecule has 1 aliphatic rings. The van der Waals surface area contributed by atoms with Gasteiger partial charge in [-0.3, -0.25) is 0 Å². The van der Waals surface area contributed by atoms with Gasteiger partial charge in [-0.15, -0.1) is 0 Å². The zero-order valence-electron chi connectivity index (χ0n) is 11.4. The summed E-state index contributed by atoms with van der Waals surface area (Å²) < 4.78 is 1.30. The van der Waals surface area contributed by atoms with Gasteiger partial charge in [-0.1, -0.05) is 29.8 Å². The molecule has 0 saturated heterocycles. The molecule has 3 rings (SSSR count). The van der Waals surface area contributed by atoms with Crippen LogP contribution in [0, 0.1) is 16.4 Å². The van der Waals surface area contributed by atoms with Crippen LogP contribution in [-0.2, 0) is 0 Å². The van der Waals surface area contributed by atoms with Gasteiger partial charge in [-0.2, -0.15) is 0 Å². The summed E-state index contributed by atoms with van der Waals surface area (Å²) in [6.45, 7) is 2.14. The molecule has 2 aromatic carbocycles. The SMILES string of the molecule is Cc1ccc(NC(c2ccc(Cl)cc2)C2CC2)cc1I. The number of hydrogen-bond donors (Lipinski definition) is 1. The summed E-state index contributed by atoms with van der Waals surface area (Å²) in [6, 6.07) is 15.2. The highest BCUT2D eigenvalue weighted by Gasteiger charge is 2.32. The van der Waals surface area contributed by atoms with Crippen LogP contribution in [0.4, 0.5) is 5.69 Å². The molecule has 1 atom stereocenters. The van der Waals surface area contributed by atoms with Gasteiger partial charge in [0, 0.05) is 14.3 Å². The molecule has 0 amide bonds. The quantitative estimate of drug-likeness (QED) is 0.641. The van der Waals surface area contributed by atoms with E-state index in [1.165, 1.54) is 33.2 Å². The molecule has 1 nitrogen and oxygen atoms in total. The first kappa shape index (κ1) is 14.2. The van der Waals surface area contributed by atoms with Crippen LogP contribution in [0.15, 0.2) is 42.5 Å². The molecular weight excluding hydrogens is 381 g/mol. The van der Waals surface area contributed by atoms with E-state index in [9.17, 15) is 0 Å². The van der Waals surface area contributed by atoms with E-state index in [4.69, 9.17) is 11.6 Å². The fourth-order valence-corrected chi connectivity index (χ4v) is 3.08. The van der Waals surface area contributed by atoms with Crippen molar-refractivity contribution in [2.24, 2.45) is 5.92 Å². The molecular formula is C17H17ClIN. The number of rotatable bonds is 4. The lowest BCUT2D eigenvalue weighted by Gasteiger charge is -2.20. The molecule has 0 bridgehead atoms. The minimum absolute atomic E-state index is 0.394. The van der Waals surface area contributed by atoms with Crippen LogP contribution < -0.4 is 5.32 Å². The van der Waals surface area contributed by atoms with E-state index in [2.05, 4.69) is 65.2 Å². The van der Waals surface area contributed by atoms with Crippen molar-refractivity contribution in [1.29, 1.82) is 0 Å². The third-order valence-electron chi connectivity index (χ3n) is 3.82. The van der Waals surface area contributed by atoms with Crippen LogP contribution in [0.1, 0.15) is 30.0 Å². The Morgan fingerprint density at radius 3 is 2.45 bits per heavy atom. The summed E-state index contributed by atoms with van der Waals surface area (Å²) in [7, 11) is 0. The predicted octanol–water partition coefficient (Wildman–Crippen LogP) is 5.82. The molecule has 1 saturated carbocycles. The fourth-order valence-electron chi connectivity index (χ4n) is 2.44. The van der Waals surface area contributed by atoms with Crippen LogP contribution in [0.2, 0.25) is 5.02 Å². The van der Waals surface area contributed by atoms with Crippen molar-refractivity contribution in [3.63, 3.8) is 0 Å². The van der Waals surface area contributed by atoms with E-state index >= 15 is 0 Å². The summed E-state index contributed by atoms with van der Waals surface area (Å²) in [5.74, 6) is 0.745. The normalized spacial score (nSPS) is 15.9. The zero-order chi connectivity index (χ0) is 14.1. The van der Waals surface area contributed by atoms with E-state index in [0.29, 0.717) is 6.04 Å². The topological polar surface area (TPSA) is 12.0 Å². The van der Waals surface area contributed by atoms with Gasteiger partial charge in [-0.25, -0.2) is 0 Å². The van der Waals surface area contributed by atoms with E-state index in [1.54, 1.807) is 0 Å². The van der Waals surface area contributed by atoms with Crippen LogP contribution in [0.5, 0.6) is 0 Å². The summed E-state index contributed by atoms with van der Waals surface area (Å²) >= 11 is 8.38. The van der Waals surface area contributed by atoms with Crippen molar-refractivity contribution < 1.29 is 0 Å². The Morgan fingerprint density at radius 2 is 1.85 bits per heavy atom. The van der Waals surface area contributed by atoms with E-state index in [1.807, 2.05) is 12.1 Å². The third kappa shape index (κ3) is 3.29. The fraction of sp³-hybridized carbons (Fsp3) is 0.294. The number of halogens is 2. The van der Waals surface area contributed by atoms with Gasteiger partial charge < -0.3 is 5.32 Å². The first-order valence-corrected chi connectivity index (χ1v) is 8.37. The minimum atomic E-state index is 0.394.